The first kappa shape index (κ1) is 10.4. The van der Waals surface area contributed by atoms with Crippen molar-refractivity contribution < 1.29 is 5.11 Å². The minimum atomic E-state index is -0.292. The van der Waals surface area contributed by atoms with E-state index in [1.807, 2.05) is 0 Å². The van der Waals surface area contributed by atoms with Crippen molar-refractivity contribution in [2.24, 2.45) is 0 Å². The molecule has 1 aromatic carbocycles. The van der Waals surface area contributed by atoms with Crippen LogP contribution in [-0.4, -0.2) is 26.1 Å². The molecule has 0 saturated heterocycles. The van der Waals surface area contributed by atoms with Crippen LogP contribution in [0.2, 0.25) is 0 Å². The maximum Gasteiger partial charge on any atom is 0.350 e. The van der Waals surface area contributed by atoms with Gasteiger partial charge in [0.2, 0.25) is 0 Å². The molecule has 2 rings (SSSR count). The minimum absolute atomic E-state index is 0.117. The maximum atomic E-state index is 11.8. The highest BCUT2D eigenvalue weighted by Crippen LogP contribution is 2.09. The van der Waals surface area contributed by atoms with Crippen LogP contribution < -0.4 is 11.4 Å². The number of aromatic nitrogens is 3. The van der Waals surface area contributed by atoms with Crippen molar-refractivity contribution in [1.82, 2.24) is 14.3 Å². The highest BCUT2D eigenvalue weighted by atomic mass is 16.3. The fourth-order valence-electron chi connectivity index (χ4n) is 1.44. The molecule has 0 fully saturated rings. The smallest absolute Gasteiger partial charge is 0.350 e. The van der Waals surface area contributed by atoms with Gasteiger partial charge < -0.3 is 10.8 Å². The van der Waals surface area contributed by atoms with Crippen molar-refractivity contribution in [3.05, 3.63) is 41.1 Å². The van der Waals surface area contributed by atoms with Gasteiger partial charge in [0.1, 0.15) is 6.33 Å². The first-order valence-corrected chi connectivity index (χ1v) is 4.83. The number of anilines is 1. The lowest BCUT2D eigenvalue weighted by molar-refractivity contribution is 0.267. The van der Waals surface area contributed by atoms with Gasteiger partial charge in [-0.1, -0.05) is 6.07 Å². The molecule has 84 valence electrons. The highest BCUT2D eigenvalue weighted by molar-refractivity contribution is 5.47. The topological polar surface area (TPSA) is 86.1 Å². The van der Waals surface area contributed by atoms with Gasteiger partial charge in [-0.2, -0.15) is 5.10 Å². The van der Waals surface area contributed by atoms with Crippen LogP contribution >= 0.6 is 0 Å². The summed E-state index contributed by atoms with van der Waals surface area (Å²) in [5.74, 6) is 0. The molecule has 0 atom stereocenters. The fourth-order valence-corrected chi connectivity index (χ4v) is 1.44. The Balaban J connectivity index is 2.45. The summed E-state index contributed by atoms with van der Waals surface area (Å²) in [6, 6.07) is 6.96. The van der Waals surface area contributed by atoms with Crippen LogP contribution in [0.3, 0.4) is 0 Å². The molecule has 0 unspecified atom stereocenters. The predicted molar refractivity (Wildman–Crippen MR) is 59.3 cm³/mol. The van der Waals surface area contributed by atoms with Crippen LogP contribution in [0.15, 0.2) is 35.4 Å². The van der Waals surface area contributed by atoms with Gasteiger partial charge >= 0.3 is 5.69 Å². The number of hydrogen-bond acceptors (Lipinski definition) is 4. The molecule has 6 nitrogen and oxygen atoms in total. The monoisotopic (exact) mass is 220 g/mol. The van der Waals surface area contributed by atoms with Gasteiger partial charge in [-0.05, 0) is 18.2 Å². The van der Waals surface area contributed by atoms with Crippen molar-refractivity contribution in [2.45, 2.75) is 6.54 Å². The zero-order valence-electron chi connectivity index (χ0n) is 8.58. The molecule has 0 spiro atoms. The van der Waals surface area contributed by atoms with Crippen LogP contribution in [0, 0.1) is 0 Å². The van der Waals surface area contributed by atoms with Crippen LogP contribution in [0.1, 0.15) is 0 Å². The van der Waals surface area contributed by atoms with E-state index in [2.05, 4.69) is 5.10 Å². The zero-order valence-corrected chi connectivity index (χ0v) is 8.58. The lowest BCUT2D eigenvalue weighted by Crippen LogP contribution is -2.25. The third-order valence-electron chi connectivity index (χ3n) is 2.19. The molecule has 0 aliphatic rings. The molecular weight excluding hydrogens is 208 g/mol. The van der Waals surface area contributed by atoms with E-state index in [-0.39, 0.29) is 18.8 Å². The lowest BCUT2D eigenvalue weighted by atomic mass is 10.3. The standard InChI is InChI=1S/C10H12N4O2/c11-8-2-1-3-9(6-8)13-7-12-14(4-5-15)10(13)16/h1-3,6-7,15H,4-5,11H2. The second kappa shape index (κ2) is 4.19. The molecule has 0 amide bonds. The van der Waals surface area contributed by atoms with E-state index < -0.39 is 0 Å². The first-order valence-electron chi connectivity index (χ1n) is 4.83. The largest absolute Gasteiger partial charge is 0.399 e. The molecule has 1 heterocycles. The van der Waals surface area contributed by atoms with Crippen molar-refractivity contribution in [3.63, 3.8) is 0 Å². The molecule has 0 aliphatic heterocycles. The highest BCUT2D eigenvalue weighted by Gasteiger charge is 2.05. The van der Waals surface area contributed by atoms with Crippen LogP contribution in [0.25, 0.3) is 5.69 Å². The van der Waals surface area contributed by atoms with Gasteiger partial charge in [-0.3, -0.25) is 0 Å². The molecule has 0 radical (unpaired) electrons. The average molecular weight is 220 g/mol. The summed E-state index contributed by atoms with van der Waals surface area (Å²) in [5, 5.41) is 12.6. The summed E-state index contributed by atoms with van der Waals surface area (Å²) in [6.07, 6.45) is 1.41. The summed E-state index contributed by atoms with van der Waals surface area (Å²) in [6.45, 7) is 0.0714. The predicted octanol–water partition coefficient (Wildman–Crippen LogP) is -0.392. The van der Waals surface area contributed by atoms with Gasteiger partial charge in [0.25, 0.3) is 0 Å². The second-order valence-electron chi connectivity index (χ2n) is 3.33. The van der Waals surface area contributed by atoms with Crippen LogP contribution in [0.4, 0.5) is 5.69 Å². The Hall–Kier alpha value is -2.08. The van der Waals surface area contributed by atoms with Crippen molar-refractivity contribution in [1.29, 1.82) is 0 Å². The van der Waals surface area contributed by atoms with Gasteiger partial charge in [0.15, 0.2) is 0 Å². The van der Waals surface area contributed by atoms with Gasteiger partial charge in [0.05, 0.1) is 18.8 Å². The van der Waals surface area contributed by atoms with E-state index in [1.54, 1.807) is 24.3 Å². The Morgan fingerprint density at radius 1 is 1.44 bits per heavy atom. The Bertz CT molecular complexity index is 544. The third-order valence-corrected chi connectivity index (χ3v) is 2.19. The van der Waals surface area contributed by atoms with Crippen molar-refractivity contribution in [2.75, 3.05) is 12.3 Å². The molecule has 6 heteroatoms. The first-order chi connectivity index (χ1) is 7.72. The van der Waals surface area contributed by atoms with Crippen LogP contribution in [0.5, 0.6) is 0 Å². The number of hydrogen-bond donors (Lipinski definition) is 2. The molecule has 3 N–H and O–H groups in total. The Morgan fingerprint density at radius 2 is 2.25 bits per heavy atom. The third kappa shape index (κ3) is 1.82. The molecule has 0 saturated carbocycles. The number of rotatable bonds is 3. The lowest BCUT2D eigenvalue weighted by Gasteiger charge is -2.00. The minimum Gasteiger partial charge on any atom is -0.399 e. The summed E-state index contributed by atoms with van der Waals surface area (Å²) in [7, 11) is 0. The van der Waals surface area contributed by atoms with Gasteiger partial charge in [0, 0.05) is 5.69 Å². The normalized spacial score (nSPS) is 10.6. The number of nitrogens with zero attached hydrogens (tertiary/aromatic N) is 3. The molecule has 1 aromatic heterocycles. The molecule has 2 aromatic rings. The molecule has 0 bridgehead atoms. The van der Waals surface area contributed by atoms with Gasteiger partial charge in [-0.15, -0.1) is 0 Å². The van der Waals surface area contributed by atoms with E-state index in [0.717, 1.165) is 0 Å². The van der Waals surface area contributed by atoms with E-state index >= 15 is 0 Å². The molecule has 0 aliphatic carbocycles. The van der Waals surface area contributed by atoms with E-state index in [9.17, 15) is 4.79 Å². The number of nitrogens with two attached hydrogens (primary N) is 1. The number of aliphatic hydroxyl groups is 1. The summed E-state index contributed by atoms with van der Waals surface area (Å²) < 4.78 is 2.58. The summed E-state index contributed by atoms with van der Waals surface area (Å²) in [4.78, 5) is 11.8. The van der Waals surface area contributed by atoms with Crippen molar-refractivity contribution >= 4 is 5.69 Å². The second-order valence-corrected chi connectivity index (χ2v) is 3.33. The number of benzene rings is 1. The SMILES string of the molecule is Nc1cccc(-n2cnn(CCO)c2=O)c1. The number of aliphatic hydroxyl groups excluding tert-OH is 1. The summed E-state index contributed by atoms with van der Waals surface area (Å²) in [5.41, 5.74) is 6.58. The quantitative estimate of drug-likeness (QED) is 0.690. The van der Waals surface area contributed by atoms with E-state index in [0.29, 0.717) is 11.4 Å². The van der Waals surface area contributed by atoms with Crippen LogP contribution in [-0.2, 0) is 6.54 Å². The maximum absolute atomic E-state index is 11.8. The average Bonchev–Trinajstić information content (AvgIpc) is 2.61. The van der Waals surface area contributed by atoms with E-state index in [1.165, 1.54) is 15.6 Å². The Labute approximate surface area is 91.6 Å². The van der Waals surface area contributed by atoms with Gasteiger partial charge in [-0.25, -0.2) is 14.0 Å². The Morgan fingerprint density at radius 3 is 2.94 bits per heavy atom. The molecule has 16 heavy (non-hydrogen) atoms. The fraction of sp³-hybridized carbons (Fsp3) is 0.200. The molecular formula is C10H12N4O2. The Kier molecular flexibility index (Phi) is 2.74. The van der Waals surface area contributed by atoms with E-state index in [4.69, 9.17) is 10.8 Å². The van der Waals surface area contributed by atoms with Crippen molar-refractivity contribution in [3.8, 4) is 5.69 Å². The zero-order chi connectivity index (χ0) is 11.5. The summed E-state index contributed by atoms with van der Waals surface area (Å²) >= 11 is 0. The number of nitrogen functional groups attached to an aromatic ring is 1.